The quantitative estimate of drug-likeness (QED) is 0.673. The van der Waals surface area contributed by atoms with Crippen LogP contribution in [0.3, 0.4) is 0 Å². The average Bonchev–Trinajstić information content (AvgIpc) is 2.21. The largest absolute Gasteiger partial charge is 0.294 e. The molecule has 0 aliphatic rings. The Morgan fingerprint density at radius 1 is 1.31 bits per heavy atom. The lowest BCUT2D eigenvalue weighted by molar-refractivity contribution is 0.0962. The second kappa shape index (κ2) is 5.83. The van der Waals surface area contributed by atoms with Gasteiger partial charge in [-0.05, 0) is 31.4 Å². The van der Waals surface area contributed by atoms with Gasteiger partial charge in [0.15, 0.2) is 5.78 Å². The van der Waals surface area contributed by atoms with Gasteiger partial charge >= 0.3 is 0 Å². The maximum absolute atomic E-state index is 12.1. The summed E-state index contributed by atoms with van der Waals surface area (Å²) >= 11 is 0. The Kier molecular flexibility index (Phi) is 4.72. The maximum Gasteiger partial charge on any atom is 0.163 e. The minimum absolute atomic E-state index is 0.294. The molecule has 1 heteroatoms. The minimum Gasteiger partial charge on any atom is -0.294 e. The van der Waals surface area contributed by atoms with Gasteiger partial charge in [0.05, 0.1) is 0 Å². The lowest BCUT2D eigenvalue weighted by Crippen LogP contribution is -2.07. The summed E-state index contributed by atoms with van der Waals surface area (Å²) in [5, 5.41) is 0. The molecule has 0 fully saturated rings. The standard InChI is InChI=1S/C15H22O/c1-5-6-11(2)10-15(16)14-9-12(3)7-8-13(14)4/h7-9,11H,5-6,10H2,1-4H3. The van der Waals surface area contributed by atoms with Crippen LogP contribution in [0.1, 0.15) is 54.6 Å². The Morgan fingerprint density at radius 2 is 2.00 bits per heavy atom. The van der Waals surface area contributed by atoms with E-state index in [9.17, 15) is 4.79 Å². The van der Waals surface area contributed by atoms with Crippen LogP contribution in [0, 0.1) is 19.8 Å². The topological polar surface area (TPSA) is 17.1 Å². The molecule has 0 radical (unpaired) electrons. The van der Waals surface area contributed by atoms with Gasteiger partial charge in [0.2, 0.25) is 0 Å². The van der Waals surface area contributed by atoms with Gasteiger partial charge in [0.1, 0.15) is 0 Å². The molecule has 0 saturated carbocycles. The molecule has 1 rings (SSSR count). The molecule has 0 heterocycles. The van der Waals surface area contributed by atoms with Crippen molar-refractivity contribution in [3.05, 3.63) is 34.9 Å². The Bertz CT molecular complexity index is 366. The molecule has 0 aromatic heterocycles. The van der Waals surface area contributed by atoms with Crippen LogP contribution in [0.2, 0.25) is 0 Å². The van der Waals surface area contributed by atoms with Gasteiger partial charge in [0, 0.05) is 12.0 Å². The fourth-order valence-corrected chi connectivity index (χ4v) is 2.06. The van der Waals surface area contributed by atoms with Crippen molar-refractivity contribution in [2.75, 3.05) is 0 Å². The van der Waals surface area contributed by atoms with Gasteiger partial charge in [-0.25, -0.2) is 0 Å². The third kappa shape index (κ3) is 3.48. The van der Waals surface area contributed by atoms with Crippen LogP contribution in [0.25, 0.3) is 0 Å². The highest BCUT2D eigenvalue weighted by Crippen LogP contribution is 2.18. The third-order valence-corrected chi connectivity index (χ3v) is 3.01. The van der Waals surface area contributed by atoms with Gasteiger partial charge < -0.3 is 0 Å². The molecular formula is C15H22O. The number of hydrogen-bond acceptors (Lipinski definition) is 1. The first-order chi connectivity index (χ1) is 7.54. The van der Waals surface area contributed by atoms with Crippen molar-refractivity contribution < 1.29 is 4.79 Å². The van der Waals surface area contributed by atoms with E-state index < -0.39 is 0 Å². The highest BCUT2D eigenvalue weighted by atomic mass is 16.1. The van der Waals surface area contributed by atoms with E-state index in [2.05, 4.69) is 19.9 Å². The second-order valence-corrected chi connectivity index (χ2v) is 4.84. The number of hydrogen-bond donors (Lipinski definition) is 0. The summed E-state index contributed by atoms with van der Waals surface area (Å²) in [4.78, 5) is 12.1. The van der Waals surface area contributed by atoms with Crippen molar-refractivity contribution in [1.29, 1.82) is 0 Å². The molecule has 0 aliphatic carbocycles. The maximum atomic E-state index is 12.1. The molecule has 0 spiro atoms. The van der Waals surface area contributed by atoms with Crippen LogP contribution in [0.15, 0.2) is 18.2 Å². The van der Waals surface area contributed by atoms with Crippen LogP contribution in [0.4, 0.5) is 0 Å². The molecule has 1 atom stereocenters. The molecule has 88 valence electrons. The second-order valence-electron chi connectivity index (χ2n) is 4.84. The summed E-state index contributed by atoms with van der Waals surface area (Å²) < 4.78 is 0. The Balaban J connectivity index is 2.76. The minimum atomic E-state index is 0.294. The number of carbonyl (C=O) groups excluding carboxylic acids is 1. The van der Waals surface area contributed by atoms with Crippen molar-refractivity contribution in [2.24, 2.45) is 5.92 Å². The number of carbonyl (C=O) groups is 1. The van der Waals surface area contributed by atoms with Crippen molar-refractivity contribution in [3.8, 4) is 0 Å². The molecule has 0 N–H and O–H groups in total. The van der Waals surface area contributed by atoms with Gasteiger partial charge in [-0.15, -0.1) is 0 Å². The Hall–Kier alpha value is -1.11. The first-order valence-electron chi connectivity index (χ1n) is 6.15. The summed E-state index contributed by atoms with van der Waals surface area (Å²) in [5.41, 5.74) is 3.17. The SMILES string of the molecule is CCCC(C)CC(=O)c1cc(C)ccc1C. The van der Waals surface area contributed by atoms with E-state index in [-0.39, 0.29) is 0 Å². The molecule has 16 heavy (non-hydrogen) atoms. The van der Waals surface area contributed by atoms with Crippen LogP contribution in [0.5, 0.6) is 0 Å². The molecule has 1 unspecified atom stereocenters. The smallest absolute Gasteiger partial charge is 0.163 e. The summed E-state index contributed by atoms with van der Waals surface area (Å²) in [6.07, 6.45) is 2.97. The van der Waals surface area contributed by atoms with Gasteiger partial charge in [-0.1, -0.05) is 44.4 Å². The lowest BCUT2D eigenvalue weighted by atomic mass is 9.93. The molecule has 0 amide bonds. The monoisotopic (exact) mass is 218 g/mol. The van der Waals surface area contributed by atoms with E-state index in [1.807, 2.05) is 26.0 Å². The molecule has 1 aromatic rings. The summed E-state index contributed by atoms with van der Waals surface area (Å²) in [5.74, 6) is 0.791. The zero-order chi connectivity index (χ0) is 12.1. The summed E-state index contributed by atoms with van der Waals surface area (Å²) in [6.45, 7) is 8.37. The fourth-order valence-electron chi connectivity index (χ4n) is 2.06. The number of aryl methyl sites for hydroxylation is 2. The lowest BCUT2D eigenvalue weighted by Gasteiger charge is -2.11. The van der Waals surface area contributed by atoms with E-state index in [1.165, 1.54) is 0 Å². The Labute approximate surface area is 98.9 Å². The number of Topliss-reactive ketones (excluding diaryl/α,β-unsaturated/α-hetero) is 1. The van der Waals surface area contributed by atoms with Crippen molar-refractivity contribution in [1.82, 2.24) is 0 Å². The van der Waals surface area contributed by atoms with E-state index >= 15 is 0 Å². The predicted octanol–water partition coefficient (Wildman–Crippen LogP) is 4.31. The van der Waals surface area contributed by atoms with Crippen LogP contribution in [-0.2, 0) is 0 Å². The summed E-state index contributed by atoms with van der Waals surface area (Å²) in [6, 6.07) is 6.10. The molecular weight excluding hydrogens is 196 g/mol. The van der Waals surface area contributed by atoms with Gasteiger partial charge in [-0.3, -0.25) is 4.79 Å². The van der Waals surface area contributed by atoms with Crippen molar-refractivity contribution in [3.63, 3.8) is 0 Å². The number of benzene rings is 1. The van der Waals surface area contributed by atoms with Crippen LogP contribution in [-0.4, -0.2) is 5.78 Å². The van der Waals surface area contributed by atoms with Crippen molar-refractivity contribution >= 4 is 5.78 Å². The summed E-state index contributed by atoms with van der Waals surface area (Å²) in [7, 11) is 0. The zero-order valence-corrected chi connectivity index (χ0v) is 10.8. The van der Waals surface area contributed by atoms with Gasteiger partial charge in [-0.2, -0.15) is 0 Å². The number of rotatable bonds is 5. The van der Waals surface area contributed by atoms with E-state index in [1.54, 1.807) is 0 Å². The molecule has 0 aliphatic heterocycles. The first kappa shape index (κ1) is 13.0. The highest BCUT2D eigenvalue weighted by molar-refractivity contribution is 5.97. The van der Waals surface area contributed by atoms with Crippen molar-refractivity contribution in [2.45, 2.75) is 47.0 Å². The molecule has 0 saturated heterocycles. The molecule has 1 aromatic carbocycles. The normalized spacial score (nSPS) is 12.5. The van der Waals surface area contributed by atoms with E-state index in [0.717, 1.165) is 29.5 Å². The van der Waals surface area contributed by atoms with E-state index in [4.69, 9.17) is 0 Å². The molecule has 0 bridgehead atoms. The zero-order valence-electron chi connectivity index (χ0n) is 10.8. The van der Waals surface area contributed by atoms with Crippen LogP contribution < -0.4 is 0 Å². The molecule has 1 nitrogen and oxygen atoms in total. The average molecular weight is 218 g/mol. The predicted molar refractivity (Wildman–Crippen MR) is 68.9 cm³/mol. The van der Waals surface area contributed by atoms with E-state index in [0.29, 0.717) is 18.1 Å². The number of ketones is 1. The third-order valence-electron chi connectivity index (χ3n) is 3.01. The van der Waals surface area contributed by atoms with Crippen LogP contribution >= 0.6 is 0 Å². The van der Waals surface area contributed by atoms with Gasteiger partial charge in [0.25, 0.3) is 0 Å². The highest BCUT2D eigenvalue weighted by Gasteiger charge is 2.12. The first-order valence-corrected chi connectivity index (χ1v) is 6.15. The fraction of sp³-hybridized carbons (Fsp3) is 0.533. The Morgan fingerprint density at radius 3 is 2.62 bits per heavy atom.